The third-order valence-corrected chi connectivity index (χ3v) is 8.65. The summed E-state index contributed by atoms with van der Waals surface area (Å²) in [5.74, 6) is -0.185. The van der Waals surface area contributed by atoms with Crippen molar-refractivity contribution in [3.63, 3.8) is 0 Å². The largest absolute Gasteiger partial charge is 0.326 e. The minimum Gasteiger partial charge on any atom is -0.326 e. The highest BCUT2D eigenvalue weighted by molar-refractivity contribution is 7.89. The van der Waals surface area contributed by atoms with E-state index in [4.69, 9.17) is 0 Å². The van der Waals surface area contributed by atoms with E-state index in [0.29, 0.717) is 31.8 Å². The highest BCUT2D eigenvalue weighted by Crippen LogP contribution is 2.32. The number of fused-ring (bicyclic) bond motifs is 1. The highest BCUT2D eigenvalue weighted by atomic mass is 32.2. The van der Waals surface area contributed by atoms with Gasteiger partial charge in [-0.2, -0.15) is 4.31 Å². The molecule has 1 N–H and O–H groups in total. The molecule has 0 unspecified atom stereocenters. The Kier molecular flexibility index (Phi) is 7.09. The van der Waals surface area contributed by atoms with Crippen molar-refractivity contribution in [3.05, 3.63) is 53.6 Å². The van der Waals surface area contributed by atoms with Crippen LogP contribution in [0, 0.1) is 5.92 Å². The molecule has 7 nitrogen and oxygen atoms in total. The second-order valence-electron chi connectivity index (χ2n) is 9.53. The van der Waals surface area contributed by atoms with Gasteiger partial charge in [0.25, 0.3) is 0 Å². The van der Waals surface area contributed by atoms with Gasteiger partial charge < -0.3 is 10.2 Å². The maximum atomic E-state index is 13.4. The molecule has 2 aromatic rings. The van der Waals surface area contributed by atoms with Crippen molar-refractivity contribution in [2.24, 2.45) is 5.92 Å². The lowest BCUT2D eigenvalue weighted by molar-refractivity contribution is -0.121. The molecule has 2 aliphatic rings. The van der Waals surface area contributed by atoms with Gasteiger partial charge in [0, 0.05) is 37.9 Å². The van der Waals surface area contributed by atoms with Crippen LogP contribution in [0.5, 0.6) is 0 Å². The SMILES string of the molecule is CC(=O)N1CCCc2cc(S(=O)(=O)N3CCC[C@H](C(=O)Nc4ccc(C(C)C)cc4)C3)ccc21. The summed E-state index contributed by atoms with van der Waals surface area (Å²) in [6.07, 6.45) is 2.83. The Balaban J connectivity index is 1.48. The lowest BCUT2D eigenvalue weighted by Gasteiger charge is -2.32. The molecule has 2 heterocycles. The third-order valence-electron chi connectivity index (χ3n) is 6.79. The van der Waals surface area contributed by atoms with E-state index in [-0.39, 0.29) is 23.3 Å². The van der Waals surface area contributed by atoms with Crippen molar-refractivity contribution in [3.8, 4) is 0 Å². The molecular formula is C26H33N3O4S. The molecular weight excluding hydrogens is 450 g/mol. The maximum absolute atomic E-state index is 13.4. The molecule has 0 spiro atoms. The van der Waals surface area contributed by atoms with Gasteiger partial charge in [0.1, 0.15) is 0 Å². The minimum atomic E-state index is -3.74. The van der Waals surface area contributed by atoms with Crippen LogP contribution in [-0.2, 0) is 26.0 Å². The standard InChI is InChI=1S/C26H33N3O4S/c1-18(2)20-8-10-23(11-9-20)27-26(31)22-7-4-14-28(17-22)34(32,33)24-12-13-25-21(16-24)6-5-15-29(25)19(3)30/h8-13,16,18,22H,4-7,14-15,17H2,1-3H3,(H,27,31)/t22-/m0/s1. The van der Waals surface area contributed by atoms with Crippen LogP contribution in [0.1, 0.15) is 57.1 Å². The molecule has 0 aliphatic carbocycles. The molecule has 34 heavy (non-hydrogen) atoms. The lowest BCUT2D eigenvalue weighted by Crippen LogP contribution is -2.43. The van der Waals surface area contributed by atoms with Gasteiger partial charge in [0.15, 0.2) is 0 Å². The number of carbonyl (C=O) groups excluding carboxylic acids is 2. The van der Waals surface area contributed by atoms with Crippen molar-refractivity contribution < 1.29 is 18.0 Å². The summed E-state index contributed by atoms with van der Waals surface area (Å²) < 4.78 is 28.3. The number of aryl methyl sites for hydroxylation is 1. The molecule has 1 atom stereocenters. The third kappa shape index (κ3) is 5.03. The zero-order chi connectivity index (χ0) is 24.5. The van der Waals surface area contributed by atoms with Crippen LogP contribution in [-0.4, -0.2) is 44.2 Å². The Bertz CT molecular complexity index is 1180. The van der Waals surface area contributed by atoms with Gasteiger partial charge >= 0.3 is 0 Å². The number of hydrogen-bond acceptors (Lipinski definition) is 4. The fourth-order valence-corrected chi connectivity index (χ4v) is 6.36. The first-order valence-corrected chi connectivity index (χ1v) is 13.4. The summed E-state index contributed by atoms with van der Waals surface area (Å²) in [7, 11) is -3.74. The first-order valence-electron chi connectivity index (χ1n) is 12.0. The van der Waals surface area contributed by atoms with E-state index < -0.39 is 15.9 Å². The number of carbonyl (C=O) groups is 2. The number of piperidine rings is 1. The predicted octanol–water partition coefficient (Wildman–Crippen LogP) is 4.15. The van der Waals surface area contributed by atoms with Gasteiger partial charge in [-0.3, -0.25) is 9.59 Å². The molecule has 1 fully saturated rings. The molecule has 0 aromatic heterocycles. The Labute approximate surface area is 202 Å². The Morgan fingerprint density at radius 2 is 1.76 bits per heavy atom. The second-order valence-corrected chi connectivity index (χ2v) is 11.5. The molecule has 4 rings (SSSR count). The molecule has 8 heteroatoms. The van der Waals surface area contributed by atoms with Gasteiger partial charge in [-0.25, -0.2) is 8.42 Å². The quantitative estimate of drug-likeness (QED) is 0.692. The first-order chi connectivity index (χ1) is 16.2. The number of nitrogens with zero attached hydrogens (tertiary/aromatic N) is 2. The molecule has 1 saturated heterocycles. The second kappa shape index (κ2) is 9.88. The number of hydrogen-bond donors (Lipinski definition) is 1. The minimum absolute atomic E-state index is 0.0414. The summed E-state index contributed by atoms with van der Waals surface area (Å²) in [6, 6.07) is 12.8. The van der Waals surface area contributed by atoms with Crippen molar-refractivity contribution in [2.75, 3.05) is 29.9 Å². The summed E-state index contributed by atoms with van der Waals surface area (Å²) in [5, 5.41) is 2.95. The van der Waals surface area contributed by atoms with Gasteiger partial charge in [-0.05, 0) is 73.1 Å². The van der Waals surface area contributed by atoms with E-state index in [2.05, 4.69) is 19.2 Å². The van der Waals surface area contributed by atoms with Crippen LogP contribution in [0.2, 0.25) is 0 Å². The van der Waals surface area contributed by atoms with E-state index in [1.807, 2.05) is 24.3 Å². The van der Waals surface area contributed by atoms with Crippen molar-refractivity contribution in [1.29, 1.82) is 0 Å². The Hall–Kier alpha value is -2.71. The zero-order valence-corrected chi connectivity index (χ0v) is 20.9. The van der Waals surface area contributed by atoms with E-state index >= 15 is 0 Å². The maximum Gasteiger partial charge on any atom is 0.243 e. The van der Waals surface area contributed by atoms with Gasteiger partial charge in [0.05, 0.1) is 10.8 Å². The summed E-state index contributed by atoms with van der Waals surface area (Å²) in [4.78, 5) is 26.8. The van der Waals surface area contributed by atoms with Crippen molar-refractivity contribution >= 4 is 33.2 Å². The fourth-order valence-electron chi connectivity index (χ4n) is 4.78. The van der Waals surface area contributed by atoms with Gasteiger partial charge in [-0.15, -0.1) is 0 Å². The number of rotatable bonds is 5. The molecule has 0 radical (unpaired) electrons. The average molecular weight is 484 g/mol. The van der Waals surface area contributed by atoms with Crippen molar-refractivity contribution in [2.45, 2.75) is 57.3 Å². The van der Waals surface area contributed by atoms with E-state index in [0.717, 1.165) is 29.8 Å². The van der Waals surface area contributed by atoms with Crippen LogP contribution in [0.4, 0.5) is 11.4 Å². The van der Waals surface area contributed by atoms with Crippen LogP contribution < -0.4 is 10.2 Å². The molecule has 182 valence electrons. The predicted molar refractivity (Wildman–Crippen MR) is 133 cm³/mol. The normalized spacial score (nSPS) is 19.1. The Morgan fingerprint density at radius 1 is 1.03 bits per heavy atom. The molecule has 0 saturated carbocycles. The van der Waals surface area contributed by atoms with Gasteiger partial charge in [0.2, 0.25) is 21.8 Å². The highest BCUT2D eigenvalue weighted by Gasteiger charge is 2.34. The zero-order valence-electron chi connectivity index (χ0n) is 20.1. The molecule has 2 amide bonds. The van der Waals surface area contributed by atoms with Crippen LogP contribution in [0.15, 0.2) is 47.4 Å². The van der Waals surface area contributed by atoms with E-state index in [9.17, 15) is 18.0 Å². The molecule has 2 aliphatic heterocycles. The van der Waals surface area contributed by atoms with Crippen molar-refractivity contribution in [1.82, 2.24) is 4.31 Å². The summed E-state index contributed by atoms with van der Waals surface area (Å²) in [6.45, 7) is 6.97. The molecule has 0 bridgehead atoms. The van der Waals surface area contributed by atoms with Crippen LogP contribution in [0.3, 0.4) is 0 Å². The average Bonchev–Trinajstić information content (AvgIpc) is 2.83. The number of nitrogens with one attached hydrogen (secondary N) is 1. The number of amides is 2. The van der Waals surface area contributed by atoms with Crippen LogP contribution >= 0.6 is 0 Å². The lowest BCUT2D eigenvalue weighted by atomic mass is 9.98. The van der Waals surface area contributed by atoms with E-state index in [1.165, 1.54) is 16.8 Å². The van der Waals surface area contributed by atoms with Gasteiger partial charge in [-0.1, -0.05) is 26.0 Å². The number of benzene rings is 2. The van der Waals surface area contributed by atoms with Crippen LogP contribution in [0.25, 0.3) is 0 Å². The topological polar surface area (TPSA) is 86.8 Å². The Morgan fingerprint density at radius 3 is 2.44 bits per heavy atom. The summed E-state index contributed by atoms with van der Waals surface area (Å²) in [5.41, 5.74) is 3.58. The summed E-state index contributed by atoms with van der Waals surface area (Å²) >= 11 is 0. The first kappa shape index (κ1) is 24.4. The molecule has 2 aromatic carbocycles. The number of anilines is 2. The number of sulfonamides is 1. The monoisotopic (exact) mass is 483 g/mol. The smallest absolute Gasteiger partial charge is 0.243 e. The van der Waals surface area contributed by atoms with E-state index in [1.54, 1.807) is 23.1 Å². The fraction of sp³-hybridized carbons (Fsp3) is 0.462.